The number of nitrogens with zero attached hydrogens (tertiary/aromatic N) is 2. The average molecular weight is 544 g/mol. The van der Waals surface area contributed by atoms with E-state index in [1.165, 1.54) is 6.07 Å². The number of hydrogen-bond donors (Lipinski definition) is 1. The number of rotatable bonds is 5. The Bertz CT molecular complexity index is 1560. The number of hydrogen-bond acceptors (Lipinski definition) is 3. The van der Waals surface area contributed by atoms with E-state index >= 15 is 0 Å². The van der Waals surface area contributed by atoms with Gasteiger partial charge in [0.05, 0.1) is 5.56 Å². The molecule has 0 saturated carbocycles. The third kappa shape index (κ3) is 5.19. The minimum absolute atomic E-state index is 0.0443. The van der Waals surface area contributed by atoms with Crippen molar-refractivity contribution in [3.63, 3.8) is 0 Å². The number of carbonyl (C=O) groups is 2. The second-order valence-corrected chi connectivity index (χ2v) is 10.5. The van der Waals surface area contributed by atoms with Crippen LogP contribution in [0.5, 0.6) is 0 Å². The lowest BCUT2D eigenvalue weighted by molar-refractivity contribution is -0.137. The Morgan fingerprint density at radius 3 is 2.23 bits per heavy atom. The fraction of sp³-hybridized carbons (Fsp3) is 0.250. The summed E-state index contributed by atoms with van der Waals surface area (Å²) in [6.07, 6.45) is -3.54. The summed E-state index contributed by atoms with van der Waals surface area (Å²) in [6, 6.07) is 25.8. The molecule has 0 aromatic heterocycles. The van der Waals surface area contributed by atoms with Crippen LogP contribution >= 0.6 is 0 Å². The molecule has 4 aromatic rings. The summed E-state index contributed by atoms with van der Waals surface area (Å²) in [7, 11) is 0. The van der Waals surface area contributed by atoms with Crippen LogP contribution in [0.25, 0.3) is 21.9 Å². The van der Waals surface area contributed by atoms with E-state index in [4.69, 9.17) is 0 Å². The molecule has 6 rings (SSSR count). The van der Waals surface area contributed by atoms with Gasteiger partial charge < -0.3 is 15.1 Å². The Kier molecular flexibility index (Phi) is 6.80. The van der Waals surface area contributed by atoms with Gasteiger partial charge in [0.15, 0.2) is 0 Å². The maximum atomic E-state index is 13.2. The molecular formula is C32H28F3N3O2. The summed E-state index contributed by atoms with van der Waals surface area (Å²) in [5.74, 6) is -0.0282. The number of carbonyl (C=O) groups excluding carboxylic acids is 2. The van der Waals surface area contributed by atoms with Gasteiger partial charge in [-0.15, -0.1) is 0 Å². The van der Waals surface area contributed by atoms with Crippen LogP contribution in [0.15, 0.2) is 91.0 Å². The minimum Gasteiger partial charge on any atom is -0.337 e. The number of amides is 2. The molecule has 2 aliphatic rings. The fourth-order valence-corrected chi connectivity index (χ4v) is 5.64. The SMILES string of the molecule is O=C(c1ccc2c(-c3cccc(C(F)(F)F)c3)cccc2c1)N1CC(N[C@H]2CCN(C(=O)c3ccccc3)C2)C1. The summed E-state index contributed by atoms with van der Waals surface area (Å²) >= 11 is 0. The van der Waals surface area contributed by atoms with Gasteiger partial charge in [-0.2, -0.15) is 13.2 Å². The van der Waals surface area contributed by atoms with Crippen molar-refractivity contribution in [1.82, 2.24) is 15.1 Å². The summed E-state index contributed by atoms with van der Waals surface area (Å²) < 4.78 is 39.7. The topological polar surface area (TPSA) is 52.7 Å². The molecule has 204 valence electrons. The first-order valence-corrected chi connectivity index (χ1v) is 13.4. The summed E-state index contributed by atoms with van der Waals surface area (Å²) in [5.41, 5.74) is 1.72. The monoisotopic (exact) mass is 543 g/mol. The highest BCUT2D eigenvalue weighted by Gasteiger charge is 2.35. The predicted molar refractivity (Wildman–Crippen MR) is 148 cm³/mol. The Hall–Kier alpha value is -4.17. The third-order valence-electron chi connectivity index (χ3n) is 7.76. The molecule has 2 fully saturated rings. The lowest BCUT2D eigenvalue weighted by Gasteiger charge is -2.41. The first-order valence-electron chi connectivity index (χ1n) is 13.4. The predicted octanol–water partition coefficient (Wildman–Crippen LogP) is 5.85. The van der Waals surface area contributed by atoms with Crippen LogP contribution in [-0.4, -0.2) is 59.9 Å². The molecule has 40 heavy (non-hydrogen) atoms. The van der Waals surface area contributed by atoms with Crippen LogP contribution in [0.2, 0.25) is 0 Å². The van der Waals surface area contributed by atoms with Gasteiger partial charge in [-0.05, 0) is 64.7 Å². The quantitative estimate of drug-likeness (QED) is 0.344. The molecule has 1 N–H and O–H groups in total. The molecular weight excluding hydrogens is 515 g/mol. The molecule has 2 aliphatic heterocycles. The highest BCUT2D eigenvalue weighted by Crippen LogP contribution is 2.35. The van der Waals surface area contributed by atoms with Crippen molar-refractivity contribution in [2.24, 2.45) is 0 Å². The molecule has 0 radical (unpaired) electrons. The molecule has 0 spiro atoms. The highest BCUT2D eigenvalue weighted by molar-refractivity contribution is 6.03. The van der Waals surface area contributed by atoms with Gasteiger partial charge in [0.2, 0.25) is 0 Å². The van der Waals surface area contributed by atoms with Crippen LogP contribution in [0, 0.1) is 0 Å². The maximum absolute atomic E-state index is 13.2. The molecule has 2 heterocycles. The number of alkyl halides is 3. The Morgan fingerprint density at radius 1 is 0.725 bits per heavy atom. The maximum Gasteiger partial charge on any atom is 0.416 e. The molecule has 1 atom stereocenters. The van der Waals surface area contributed by atoms with Gasteiger partial charge in [0.1, 0.15) is 0 Å². The number of fused-ring (bicyclic) bond motifs is 1. The summed E-state index contributed by atoms with van der Waals surface area (Å²) in [6.45, 7) is 2.53. The van der Waals surface area contributed by atoms with Crippen LogP contribution in [0.4, 0.5) is 13.2 Å². The zero-order chi connectivity index (χ0) is 27.9. The van der Waals surface area contributed by atoms with Crippen molar-refractivity contribution < 1.29 is 22.8 Å². The number of nitrogens with one attached hydrogen (secondary N) is 1. The van der Waals surface area contributed by atoms with Crippen LogP contribution in [0.3, 0.4) is 0 Å². The molecule has 0 aliphatic carbocycles. The van der Waals surface area contributed by atoms with E-state index in [1.807, 2.05) is 47.4 Å². The lowest BCUT2D eigenvalue weighted by atomic mass is 9.95. The zero-order valence-corrected chi connectivity index (χ0v) is 21.7. The Labute approximate surface area is 230 Å². The van der Waals surface area contributed by atoms with Crippen LogP contribution < -0.4 is 5.32 Å². The molecule has 5 nitrogen and oxygen atoms in total. The fourth-order valence-electron chi connectivity index (χ4n) is 5.64. The smallest absolute Gasteiger partial charge is 0.337 e. The first kappa shape index (κ1) is 26.1. The third-order valence-corrected chi connectivity index (χ3v) is 7.76. The largest absolute Gasteiger partial charge is 0.416 e. The van der Waals surface area contributed by atoms with E-state index in [1.54, 1.807) is 35.2 Å². The van der Waals surface area contributed by atoms with E-state index in [9.17, 15) is 22.8 Å². The molecule has 2 amide bonds. The second kappa shape index (κ2) is 10.4. The van der Waals surface area contributed by atoms with E-state index < -0.39 is 11.7 Å². The molecule has 2 saturated heterocycles. The molecule has 0 unspecified atom stereocenters. The van der Waals surface area contributed by atoms with E-state index in [0.29, 0.717) is 48.4 Å². The van der Waals surface area contributed by atoms with Crippen LogP contribution in [0.1, 0.15) is 32.7 Å². The Morgan fingerprint density at radius 2 is 1.45 bits per heavy atom. The second-order valence-electron chi connectivity index (χ2n) is 10.5. The lowest BCUT2D eigenvalue weighted by Crippen LogP contribution is -2.62. The number of benzene rings is 4. The molecule has 4 aromatic carbocycles. The highest BCUT2D eigenvalue weighted by atomic mass is 19.4. The van der Waals surface area contributed by atoms with Crippen molar-refractivity contribution in [2.75, 3.05) is 26.2 Å². The summed E-state index contributed by atoms with van der Waals surface area (Å²) in [4.78, 5) is 29.6. The average Bonchev–Trinajstić information content (AvgIpc) is 3.42. The normalized spacial score (nSPS) is 17.7. The van der Waals surface area contributed by atoms with Crippen molar-refractivity contribution in [3.05, 3.63) is 108 Å². The molecule has 8 heteroatoms. The standard InChI is InChI=1S/C32H28F3N3O2/c33-32(34,35)25-10-4-8-23(17-25)28-11-5-9-22-16-24(12-13-29(22)28)31(40)38-19-27(20-38)36-26-14-15-37(18-26)30(39)21-6-2-1-3-7-21/h1-13,16-17,26-27,36H,14-15,18-20H2/t26-/m0/s1. The number of likely N-dealkylation sites (tertiary alicyclic amines) is 2. The van der Waals surface area contributed by atoms with Gasteiger partial charge in [0, 0.05) is 49.4 Å². The van der Waals surface area contributed by atoms with Crippen LogP contribution in [-0.2, 0) is 6.18 Å². The van der Waals surface area contributed by atoms with Crippen molar-refractivity contribution >= 4 is 22.6 Å². The van der Waals surface area contributed by atoms with E-state index in [-0.39, 0.29) is 23.9 Å². The van der Waals surface area contributed by atoms with Crippen molar-refractivity contribution in [3.8, 4) is 11.1 Å². The van der Waals surface area contributed by atoms with Gasteiger partial charge >= 0.3 is 6.18 Å². The zero-order valence-electron chi connectivity index (χ0n) is 21.7. The van der Waals surface area contributed by atoms with Crippen molar-refractivity contribution in [1.29, 1.82) is 0 Å². The van der Waals surface area contributed by atoms with Gasteiger partial charge in [-0.25, -0.2) is 0 Å². The minimum atomic E-state index is -4.42. The molecule has 0 bridgehead atoms. The first-order chi connectivity index (χ1) is 19.3. The van der Waals surface area contributed by atoms with Gasteiger partial charge in [-0.3, -0.25) is 9.59 Å². The van der Waals surface area contributed by atoms with Crippen molar-refractivity contribution in [2.45, 2.75) is 24.7 Å². The number of halogens is 3. The summed E-state index contributed by atoms with van der Waals surface area (Å²) in [5, 5.41) is 5.18. The van der Waals surface area contributed by atoms with Gasteiger partial charge in [0.25, 0.3) is 11.8 Å². The van der Waals surface area contributed by atoms with E-state index in [2.05, 4.69) is 5.32 Å². The Balaban J connectivity index is 1.08. The van der Waals surface area contributed by atoms with Gasteiger partial charge in [-0.1, -0.05) is 54.6 Å². The van der Waals surface area contributed by atoms with E-state index in [0.717, 1.165) is 29.3 Å².